The first-order valence-electron chi connectivity index (χ1n) is 7.20. The third kappa shape index (κ3) is 3.39. The Labute approximate surface area is 115 Å². The molecule has 2 atom stereocenters. The molecule has 3 nitrogen and oxygen atoms in total. The van der Waals surface area contributed by atoms with Gasteiger partial charge in [0.25, 0.3) is 0 Å². The van der Waals surface area contributed by atoms with Crippen molar-refractivity contribution in [3.05, 3.63) is 0 Å². The molecule has 1 saturated heterocycles. The highest BCUT2D eigenvalue weighted by atomic mass is 35.5. The molecule has 2 unspecified atom stereocenters. The van der Waals surface area contributed by atoms with E-state index in [-0.39, 0.29) is 18.1 Å². The van der Waals surface area contributed by atoms with E-state index in [4.69, 9.17) is 16.3 Å². The van der Waals surface area contributed by atoms with Crippen molar-refractivity contribution in [1.82, 2.24) is 4.90 Å². The van der Waals surface area contributed by atoms with Gasteiger partial charge in [-0.25, -0.2) is 0 Å². The van der Waals surface area contributed by atoms with Crippen LogP contribution in [0.1, 0.15) is 45.4 Å². The summed E-state index contributed by atoms with van der Waals surface area (Å²) in [7, 11) is 0. The van der Waals surface area contributed by atoms with Gasteiger partial charge in [-0.3, -0.25) is 4.79 Å². The number of carbonyl (C=O) groups is 1. The van der Waals surface area contributed by atoms with Crippen LogP contribution in [0.3, 0.4) is 0 Å². The molecule has 0 aromatic carbocycles. The summed E-state index contributed by atoms with van der Waals surface area (Å²) in [4.78, 5) is 14.6. The number of rotatable bonds is 2. The normalized spacial score (nSPS) is 31.1. The molecule has 104 valence electrons. The Balaban J connectivity index is 1.96. The van der Waals surface area contributed by atoms with Gasteiger partial charge in [0.1, 0.15) is 0 Å². The average molecular weight is 274 g/mol. The Bertz CT molecular complexity index is 277. The van der Waals surface area contributed by atoms with Crippen LogP contribution in [0.4, 0.5) is 0 Å². The molecule has 18 heavy (non-hydrogen) atoms. The van der Waals surface area contributed by atoms with E-state index in [2.05, 4.69) is 6.92 Å². The summed E-state index contributed by atoms with van der Waals surface area (Å²) in [5, 5.41) is 0. The largest absolute Gasteiger partial charge is 0.373 e. The SMILES string of the molecule is CC1COC(CCl)CN1C(=O)C1CCCCCC1. The highest BCUT2D eigenvalue weighted by Gasteiger charge is 2.33. The minimum atomic E-state index is 0.0117. The van der Waals surface area contributed by atoms with Crippen LogP contribution in [0.5, 0.6) is 0 Å². The summed E-state index contributed by atoms with van der Waals surface area (Å²) >= 11 is 5.85. The monoisotopic (exact) mass is 273 g/mol. The van der Waals surface area contributed by atoms with Crippen LogP contribution in [0.25, 0.3) is 0 Å². The van der Waals surface area contributed by atoms with Crippen molar-refractivity contribution in [3.63, 3.8) is 0 Å². The molecular formula is C14H24ClNO2. The van der Waals surface area contributed by atoms with Crippen LogP contribution in [-0.2, 0) is 9.53 Å². The first-order chi connectivity index (χ1) is 8.72. The van der Waals surface area contributed by atoms with Gasteiger partial charge in [0.2, 0.25) is 5.91 Å². The zero-order chi connectivity index (χ0) is 13.0. The zero-order valence-electron chi connectivity index (χ0n) is 11.2. The van der Waals surface area contributed by atoms with Gasteiger partial charge in [-0.1, -0.05) is 25.7 Å². The highest BCUT2D eigenvalue weighted by molar-refractivity contribution is 6.18. The van der Waals surface area contributed by atoms with Crippen molar-refractivity contribution in [1.29, 1.82) is 0 Å². The number of carbonyl (C=O) groups excluding carboxylic acids is 1. The third-order valence-electron chi connectivity index (χ3n) is 4.17. The topological polar surface area (TPSA) is 29.5 Å². The van der Waals surface area contributed by atoms with Crippen molar-refractivity contribution in [2.75, 3.05) is 19.0 Å². The average Bonchev–Trinajstić information content (AvgIpc) is 2.67. The maximum atomic E-state index is 12.6. The quantitative estimate of drug-likeness (QED) is 0.572. The molecule has 1 amide bonds. The molecule has 1 aliphatic carbocycles. The second kappa shape index (κ2) is 6.76. The van der Waals surface area contributed by atoms with Gasteiger partial charge in [0, 0.05) is 12.5 Å². The molecule has 4 heteroatoms. The first-order valence-corrected chi connectivity index (χ1v) is 7.74. The molecule has 1 saturated carbocycles. The Kier molecular flexibility index (Phi) is 5.31. The van der Waals surface area contributed by atoms with Crippen molar-refractivity contribution in [3.8, 4) is 0 Å². The molecule has 0 spiro atoms. The van der Waals surface area contributed by atoms with E-state index in [9.17, 15) is 4.79 Å². The molecule has 2 fully saturated rings. The predicted molar refractivity (Wildman–Crippen MR) is 72.8 cm³/mol. The standard InChI is InChI=1S/C14H24ClNO2/c1-11-10-18-13(8-15)9-16(11)14(17)12-6-4-2-3-5-7-12/h11-13H,2-10H2,1H3. The van der Waals surface area contributed by atoms with Gasteiger partial charge in [0.15, 0.2) is 0 Å². The second-order valence-corrected chi connectivity index (χ2v) is 5.95. The minimum absolute atomic E-state index is 0.0117. The van der Waals surface area contributed by atoms with E-state index >= 15 is 0 Å². The fourth-order valence-corrected chi connectivity index (χ4v) is 3.17. The molecule has 0 aromatic rings. The number of amides is 1. The van der Waals surface area contributed by atoms with E-state index in [0.717, 1.165) is 12.8 Å². The number of nitrogens with zero attached hydrogens (tertiary/aromatic N) is 1. The lowest BCUT2D eigenvalue weighted by atomic mass is 9.97. The van der Waals surface area contributed by atoms with Crippen LogP contribution in [-0.4, -0.2) is 42.0 Å². The number of alkyl halides is 1. The highest BCUT2D eigenvalue weighted by Crippen LogP contribution is 2.26. The maximum absolute atomic E-state index is 12.6. The fourth-order valence-electron chi connectivity index (χ4n) is 2.98. The summed E-state index contributed by atoms with van der Waals surface area (Å²) in [6, 6.07) is 0.195. The Morgan fingerprint density at radius 2 is 1.94 bits per heavy atom. The van der Waals surface area contributed by atoms with Gasteiger partial charge in [-0.15, -0.1) is 11.6 Å². The van der Waals surface area contributed by atoms with E-state index in [1.807, 2.05) is 4.90 Å². The Hall–Kier alpha value is -0.280. The number of morpholine rings is 1. The lowest BCUT2D eigenvalue weighted by Gasteiger charge is -2.39. The summed E-state index contributed by atoms with van der Waals surface area (Å²) in [5.74, 6) is 1.05. The molecule has 1 aliphatic heterocycles. The van der Waals surface area contributed by atoms with Gasteiger partial charge >= 0.3 is 0 Å². The molecule has 1 heterocycles. The second-order valence-electron chi connectivity index (χ2n) is 5.64. The van der Waals surface area contributed by atoms with Crippen molar-refractivity contribution < 1.29 is 9.53 Å². The van der Waals surface area contributed by atoms with Crippen LogP contribution < -0.4 is 0 Å². The lowest BCUT2D eigenvalue weighted by Crippen LogP contribution is -2.53. The molecule has 0 N–H and O–H groups in total. The van der Waals surface area contributed by atoms with E-state index in [1.165, 1.54) is 25.7 Å². The minimum Gasteiger partial charge on any atom is -0.373 e. The zero-order valence-corrected chi connectivity index (χ0v) is 12.0. The van der Waals surface area contributed by atoms with E-state index in [0.29, 0.717) is 24.9 Å². The molecule has 2 rings (SSSR count). The maximum Gasteiger partial charge on any atom is 0.226 e. The van der Waals surface area contributed by atoms with Gasteiger partial charge in [-0.05, 0) is 19.8 Å². The van der Waals surface area contributed by atoms with Crippen LogP contribution >= 0.6 is 11.6 Å². The van der Waals surface area contributed by atoms with Crippen LogP contribution in [0.2, 0.25) is 0 Å². The Morgan fingerprint density at radius 3 is 2.56 bits per heavy atom. The summed E-state index contributed by atoms with van der Waals surface area (Å²) in [6.45, 7) is 3.36. The first kappa shape index (κ1) is 14.1. The molecule has 0 radical (unpaired) electrons. The number of ether oxygens (including phenoxy) is 1. The molecule has 2 aliphatic rings. The van der Waals surface area contributed by atoms with Crippen LogP contribution in [0.15, 0.2) is 0 Å². The van der Waals surface area contributed by atoms with Gasteiger partial charge in [0.05, 0.1) is 24.6 Å². The van der Waals surface area contributed by atoms with Crippen molar-refractivity contribution in [2.24, 2.45) is 5.92 Å². The number of hydrogen-bond acceptors (Lipinski definition) is 2. The van der Waals surface area contributed by atoms with Gasteiger partial charge < -0.3 is 9.64 Å². The smallest absolute Gasteiger partial charge is 0.226 e. The summed E-state index contributed by atoms with van der Waals surface area (Å²) in [6.07, 6.45) is 7.11. The number of halogens is 1. The van der Waals surface area contributed by atoms with Crippen molar-refractivity contribution in [2.45, 2.75) is 57.6 Å². The molecule has 0 bridgehead atoms. The van der Waals surface area contributed by atoms with Crippen LogP contribution in [0, 0.1) is 5.92 Å². The molecular weight excluding hydrogens is 250 g/mol. The predicted octanol–water partition coefficient (Wildman–Crippen LogP) is 2.81. The number of hydrogen-bond donors (Lipinski definition) is 0. The summed E-state index contributed by atoms with van der Waals surface area (Å²) < 4.78 is 5.61. The van der Waals surface area contributed by atoms with Crippen molar-refractivity contribution >= 4 is 17.5 Å². The van der Waals surface area contributed by atoms with E-state index in [1.54, 1.807) is 0 Å². The van der Waals surface area contributed by atoms with E-state index < -0.39 is 0 Å². The fraction of sp³-hybridized carbons (Fsp3) is 0.929. The Morgan fingerprint density at radius 1 is 1.28 bits per heavy atom. The van der Waals surface area contributed by atoms with Gasteiger partial charge in [-0.2, -0.15) is 0 Å². The lowest BCUT2D eigenvalue weighted by molar-refractivity contribution is -0.147. The third-order valence-corrected chi connectivity index (χ3v) is 4.51. The molecule has 0 aromatic heterocycles. The summed E-state index contributed by atoms with van der Waals surface area (Å²) in [5.41, 5.74) is 0.